The maximum Gasteiger partial charge on any atom is 0.264 e. The van der Waals surface area contributed by atoms with Crippen molar-refractivity contribution in [2.24, 2.45) is 0 Å². The Balaban J connectivity index is 1.85. The number of rotatable bonds is 2. The van der Waals surface area contributed by atoms with Gasteiger partial charge in [-0.15, -0.1) is 0 Å². The summed E-state index contributed by atoms with van der Waals surface area (Å²) in [4.78, 5) is 2.68. The third-order valence-corrected chi connectivity index (χ3v) is 7.33. The predicted octanol–water partition coefficient (Wildman–Crippen LogP) is 3.30. The Morgan fingerprint density at radius 3 is 2.40 bits per heavy atom. The number of piperidine rings is 1. The van der Waals surface area contributed by atoms with Crippen LogP contribution >= 0.6 is 0 Å². The van der Waals surface area contributed by atoms with E-state index in [9.17, 15) is 8.42 Å². The molecule has 25 heavy (non-hydrogen) atoms. The fourth-order valence-electron chi connectivity index (χ4n) is 4.17. The topological polar surface area (TPSA) is 40.6 Å². The monoisotopic (exact) mass is 356 g/mol. The molecule has 0 amide bonds. The van der Waals surface area contributed by atoms with Gasteiger partial charge < -0.3 is 4.90 Å². The fraction of sp³-hybridized carbons (Fsp3) is 0.400. The van der Waals surface area contributed by atoms with Crippen molar-refractivity contribution in [2.75, 3.05) is 24.4 Å². The molecule has 2 heterocycles. The van der Waals surface area contributed by atoms with E-state index in [0.29, 0.717) is 4.90 Å². The second-order valence-corrected chi connectivity index (χ2v) is 9.22. The predicted molar refractivity (Wildman–Crippen MR) is 101 cm³/mol. The lowest BCUT2D eigenvalue weighted by molar-refractivity contribution is 0.237. The number of aryl methyl sites for hydroxylation is 2. The lowest BCUT2D eigenvalue weighted by Gasteiger charge is -2.36. The molecule has 5 heteroatoms. The number of sulfonamides is 1. The summed E-state index contributed by atoms with van der Waals surface area (Å²) in [6.07, 6.45) is 0.861. The first kappa shape index (κ1) is 16.6. The van der Waals surface area contributed by atoms with Crippen molar-refractivity contribution in [3.63, 3.8) is 0 Å². The third-order valence-electron chi connectivity index (χ3n) is 5.48. The molecule has 2 aromatic rings. The first-order valence-electron chi connectivity index (χ1n) is 8.78. The molecule has 132 valence electrons. The molecule has 2 aliphatic heterocycles. The molecule has 1 saturated heterocycles. The van der Waals surface area contributed by atoms with Crippen LogP contribution in [0.25, 0.3) is 0 Å². The standard InChI is InChI=1S/C20H24N2O2S/c1-14-4-7-16(8-5-14)25(23,24)22-19-9-6-15(2)12-17(19)18-13-21(3)11-10-20(18)22/h4-9,12,18,20H,10-11,13H2,1-3H3. The molecule has 1 fully saturated rings. The van der Waals surface area contributed by atoms with E-state index in [1.165, 1.54) is 11.1 Å². The maximum atomic E-state index is 13.4. The highest BCUT2D eigenvalue weighted by Crippen LogP contribution is 2.47. The van der Waals surface area contributed by atoms with Crippen molar-refractivity contribution in [1.29, 1.82) is 0 Å². The van der Waals surface area contributed by atoms with Crippen molar-refractivity contribution >= 4 is 15.7 Å². The zero-order valence-corrected chi connectivity index (χ0v) is 15.8. The second-order valence-electron chi connectivity index (χ2n) is 7.40. The number of likely N-dealkylation sites (tertiary alicyclic amines) is 1. The minimum absolute atomic E-state index is 0.0132. The Labute approximate surface area is 150 Å². The van der Waals surface area contributed by atoms with Gasteiger partial charge in [0.15, 0.2) is 0 Å². The average Bonchev–Trinajstić information content (AvgIpc) is 2.89. The summed E-state index contributed by atoms with van der Waals surface area (Å²) >= 11 is 0. The molecule has 2 aromatic carbocycles. The number of likely N-dealkylation sites (N-methyl/N-ethyl adjacent to an activating group) is 1. The van der Waals surface area contributed by atoms with E-state index in [-0.39, 0.29) is 12.0 Å². The number of nitrogens with zero attached hydrogens (tertiary/aromatic N) is 2. The zero-order chi connectivity index (χ0) is 17.8. The highest BCUT2D eigenvalue weighted by atomic mass is 32.2. The van der Waals surface area contributed by atoms with Gasteiger partial charge in [-0.25, -0.2) is 8.42 Å². The van der Waals surface area contributed by atoms with E-state index in [4.69, 9.17) is 0 Å². The smallest absolute Gasteiger partial charge is 0.264 e. The summed E-state index contributed by atoms with van der Waals surface area (Å²) in [6, 6.07) is 13.3. The number of fused-ring (bicyclic) bond motifs is 3. The molecule has 4 rings (SSSR count). The number of anilines is 1. The third kappa shape index (κ3) is 2.66. The van der Waals surface area contributed by atoms with Gasteiger partial charge in [-0.2, -0.15) is 0 Å². The van der Waals surface area contributed by atoms with Crippen LogP contribution in [0.1, 0.15) is 29.0 Å². The molecule has 0 aromatic heterocycles. The van der Waals surface area contributed by atoms with E-state index in [0.717, 1.165) is 30.8 Å². The van der Waals surface area contributed by atoms with E-state index >= 15 is 0 Å². The largest absolute Gasteiger partial charge is 0.306 e. The van der Waals surface area contributed by atoms with Crippen LogP contribution in [0.5, 0.6) is 0 Å². The molecule has 2 atom stereocenters. The highest BCUT2D eigenvalue weighted by Gasteiger charge is 2.46. The van der Waals surface area contributed by atoms with E-state index in [2.05, 4.69) is 24.9 Å². The molecule has 4 nitrogen and oxygen atoms in total. The molecule has 0 spiro atoms. The van der Waals surface area contributed by atoms with Gasteiger partial charge in [0.05, 0.1) is 16.6 Å². The van der Waals surface area contributed by atoms with Crippen molar-refractivity contribution in [3.8, 4) is 0 Å². The number of benzene rings is 2. The van der Waals surface area contributed by atoms with Crippen LogP contribution in [0.2, 0.25) is 0 Å². The summed E-state index contributed by atoms with van der Waals surface area (Å²) in [6.45, 7) is 5.87. The Morgan fingerprint density at radius 1 is 1.00 bits per heavy atom. The molecule has 0 radical (unpaired) electrons. The van der Waals surface area contributed by atoms with Crippen molar-refractivity contribution in [2.45, 2.75) is 37.1 Å². The van der Waals surface area contributed by atoms with Crippen LogP contribution < -0.4 is 4.31 Å². The van der Waals surface area contributed by atoms with Crippen LogP contribution in [0.4, 0.5) is 5.69 Å². The van der Waals surface area contributed by atoms with Gasteiger partial charge in [-0.05, 0) is 57.6 Å². The van der Waals surface area contributed by atoms with E-state index in [1.807, 2.05) is 31.2 Å². The quantitative estimate of drug-likeness (QED) is 0.829. The minimum Gasteiger partial charge on any atom is -0.306 e. The van der Waals surface area contributed by atoms with Gasteiger partial charge >= 0.3 is 0 Å². The summed E-state index contributed by atoms with van der Waals surface area (Å²) < 4.78 is 28.6. The first-order chi connectivity index (χ1) is 11.9. The van der Waals surface area contributed by atoms with Crippen LogP contribution in [-0.2, 0) is 10.0 Å². The second kappa shape index (κ2) is 5.85. The van der Waals surface area contributed by atoms with Gasteiger partial charge in [0, 0.05) is 12.5 Å². The molecular formula is C20H24N2O2S. The summed E-state index contributed by atoms with van der Waals surface area (Å²) in [5.74, 6) is 0.244. The molecule has 0 bridgehead atoms. The van der Waals surface area contributed by atoms with Crippen LogP contribution in [0.3, 0.4) is 0 Å². The Morgan fingerprint density at radius 2 is 1.68 bits per heavy atom. The SMILES string of the molecule is Cc1ccc(S(=O)(=O)N2c3ccc(C)cc3C3CN(C)CCC32)cc1. The summed E-state index contributed by atoms with van der Waals surface area (Å²) in [7, 11) is -1.44. The number of hydrogen-bond acceptors (Lipinski definition) is 3. The van der Waals surface area contributed by atoms with Gasteiger partial charge in [0.1, 0.15) is 0 Å². The van der Waals surface area contributed by atoms with Crippen molar-refractivity contribution < 1.29 is 8.42 Å². The Kier molecular flexibility index (Phi) is 3.89. The number of hydrogen-bond donors (Lipinski definition) is 0. The molecule has 0 saturated carbocycles. The fourth-order valence-corrected chi connectivity index (χ4v) is 5.91. The van der Waals surface area contributed by atoms with Gasteiger partial charge in [0.25, 0.3) is 10.0 Å². The van der Waals surface area contributed by atoms with Crippen molar-refractivity contribution in [3.05, 3.63) is 59.2 Å². The Bertz CT molecular complexity index is 906. The normalized spacial score (nSPS) is 23.4. The lowest BCUT2D eigenvalue weighted by Crippen LogP contribution is -2.47. The Hall–Kier alpha value is -1.85. The van der Waals surface area contributed by atoms with E-state index in [1.54, 1.807) is 16.4 Å². The summed E-state index contributed by atoms with van der Waals surface area (Å²) in [5.41, 5.74) is 4.28. The average molecular weight is 356 g/mol. The minimum atomic E-state index is -3.55. The van der Waals surface area contributed by atoms with Crippen molar-refractivity contribution in [1.82, 2.24) is 4.90 Å². The maximum absolute atomic E-state index is 13.4. The molecule has 2 unspecified atom stereocenters. The van der Waals surface area contributed by atoms with Crippen LogP contribution in [0, 0.1) is 13.8 Å². The zero-order valence-electron chi connectivity index (χ0n) is 14.9. The highest BCUT2D eigenvalue weighted by molar-refractivity contribution is 7.92. The van der Waals surface area contributed by atoms with E-state index < -0.39 is 10.0 Å². The molecule has 0 aliphatic carbocycles. The van der Waals surface area contributed by atoms with Gasteiger partial charge in [0.2, 0.25) is 0 Å². The molecule has 2 aliphatic rings. The molecular weight excluding hydrogens is 332 g/mol. The summed E-state index contributed by atoms with van der Waals surface area (Å²) in [5, 5.41) is 0. The van der Waals surface area contributed by atoms with Gasteiger partial charge in [-0.1, -0.05) is 35.4 Å². The van der Waals surface area contributed by atoms with Gasteiger partial charge in [-0.3, -0.25) is 4.31 Å². The van der Waals surface area contributed by atoms with Crippen LogP contribution in [0.15, 0.2) is 47.4 Å². The first-order valence-corrected chi connectivity index (χ1v) is 10.2. The van der Waals surface area contributed by atoms with Crippen LogP contribution in [-0.4, -0.2) is 39.5 Å². The molecule has 0 N–H and O–H groups in total. The lowest BCUT2D eigenvalue weighted by atomic mass is 9.89.